The molecular weight excluding hydrogens is 800 g/mol. The summed E-state index contributed by atoms with van der Waals surface area (Å²) in [4.78, 5) is 0. The highest BCUT2D eigenvalue weighted by atomic mass is 15.0. The number of para-hydroxylation sites is 1. The molecule has 0 atom stereocenters. The molecule has 0 saturated heterocycles. The van der Waals surface area contributed by atoms with Crippen LogP contribution in [0.1, 0.15) is 0 Å². The van der Waals surface area contributed by atoms with Gasteiger partial charge < -0.3 is 9.13 Å². The molecule has 14 radical (unpaired) electrons. The van der Waals surface area contributed by atoms with Crippen LogP contribution >= 0.6 is 0 Å². The molecule has 0 amide bonds. The Labute approximate surface area is 398 Å². The molecule has 0 bridgehead atoms. The second kappa shape index (κ2) is 15.8. The van der Waals surface area contributed by atoms with Crippen LogP contribution in [0.15, 0.2) is 188 Å². The second-order valence-electron chi connectivity index (χ2n) is 17.2. The first kappa shape index (κ1) is 41.0. The van der Waals surface area contributed by atoms with Crippen molar-refractivity contribution in [2.75, 3.05) is 0 Å². The minimum atomic E-state index is 0.173. The molecular formula is C58H31B7N2. The highest BCUT2D eigenvalue weighted by Gasteiger charge is 2.25. The Morgan fingerprint density at radius 1 is 0.284 bits per heavy atom. The number of rotatable bonds is 6. The van der Waals surface area contributed by atoms with Crippen molar-refractivity contribution in [2.45, 2.75) is 0 Å². The van der Waals surface area contributed by atoms with Crippen molar-refractivity contribution < 1.29 is 0 Å². The highest BCUT2D eigenvalue weighted by molar-refractivity contribution is 6.69. The van der Waals surface area contributed by atoms with Crippen LogP contribution in [0.4, 0.5) is 0 Å². The molecule has 2 aromatic heterocycles. The van der Waals surface area contributed by atoms with Gasteiger partial charge in [-0.25, -0.2) is 0 Å². The number of fused-ring (bicyclic) bond motifs is 7. The molecule has 0 aliphatic heterocycles. The Bertz CT molecular complexity index is 3960. The predicted molar refractivity (Wildman–Crippen MR) is 292 cm³/mol. The van der Waals surface area contributed by atoms with Gasteiger partial charge in [-0.15, -0.1) is 10.9 Å². The van der Waals surface area contributed by atoms with Crippen LogP contribution in [0.25, 0.3) is 110 Å². The van der Waals surface area contributed by atoms with Gasteiger partial charge in [-0.1, -0.05) is 179 Å². The number of benzene rings is 10. The lowest BCUT2D eigenvalue weighted by Gasteiger charge is -2.19. The lowest BCUT2D eigenvalue weighted by molar-refractivity contribution is 1.18. The van der Waals surface area contributed by atoms with Gasteiger partial charge in [0.25, 0.3) is 0 Å². The van der Waals surface area contributed by atoms with Crippen LogP contribution in [-0.2, 0) is 0 Å². The predicted octanol–water partition coefficient (Wildman–Crippen LogP) is 7.26. The lowest BCUT2D eigenvalue weighted by atomic mass is 9.64. The first-order chi connectivity index (χ1) is 32.7. The number of nitrogens with zero attached hydrogens (tertiary/aromatic N) is 2. The molecule has 0 unspecified atom stereocenters. The van der Waals surface area contributed by atoms with E-state index < -0.39 is 0 Å². The minimum absolute atomic E-state index is 0.173. The van der Waals surface area contributed by atoms with Gasteiger partial charge in [-0.05, 0) is 91.5 Å². The zero-order chi connectivity index (χ0) is 45.7. The fourth-order valence-corrected chi connectivity index (χ4v) is 10.3. The van der Waals surface area contributed by atoms with Crippen LogP contribution in [0.2, 0.25) is 0 Å². The standard InChI is InChI=1S/C58H31B7N2/c59-49-46(37-25-30-45-44(31-37)43-20-10-19-42(35-13-5-2-6-14-35)56(43)66(45)38-26-21-33(22-27-38)32-11-3-1-4-12-32)50(60)54(64)57-47(49)48-51(61)52(62)53(63)55(65)58(48)67(57)39-28-23-36(24-29-39)41-18-9-16-34-15-7-8-17-40(34)41/h1-31H. The van der Waals surface area contributed by atoms with E-state index in [0.29, 0.717) is 43.8 Å². The molecule has 294 valence electrons. The van der Waals surface area contributed by atoms with E-state index in [0.717, 1.165) is 82.9 Å². The molecule has 9 heteroatoms. The van der Waals surface area contributed by atoms with E-state index >= 15 is 0 Å². The van der Waals surface area contributed by atoms with Crippen molar-refractivity contribution in [1.82, 2.24) is 9.13 Å². The molecule has 0 spiro atoms. The molecule has 0 aliphatic carbocycles. The Hall–Kier alpha value is -7.49. The first-order valence-corrected chi connectivity index (χ1v) is 22.1. The third-order valence-corrected chi connectivity index (χ3v) is 13.5. The average Bonchev–Trinajstić information content (AvgIpc) is 3.92. The van der Waals surface area contributed by atoms with Crippen molar-refractivity contribution in [3.05, 3.63) is 188 Å². The van der Waals surface area contributed by atoms with E-state index in [9.17, 15) is 0 Å². The van der Waals surface area contributed by atoms with Gasteiger partial charge in [0.1, 0.15) is 54.9 Å². The van der Waals surface area contributed by atoms with Gasteiger partial charge in [0, 0.05) is 44.1 Å². The van der Waals surface area contributed by atoms with Gasteiger partial charge in [0.15, 0.2) is 0 Å². The van der Waals surface area contributed by atoms with Crippen LogP contribution in [-0.4, -0.2) is 64.1 Å². The van der Waals surface area contributed by atoms with Gasteiger partial charge >= 0.3 is 0 Å². The summed E-state index contributed by atoms with van der Waals surface area (Å²) in [6, 6.07) is 65.3. The van der Waals surface area contributed by atoms with Gasteiger partial charge in [0.2, 0.25) is 0 Å². The fraction of sp³-hybridized carbons (Fsp3) is 0. The SMILES string of the molecule is [B]c1c([B])c([B])c2c(c1[B])c1c([B])c(-c3ccc4c(c3)c3cccc(-c5ccccc5)c3n4-c3ccc(-c4ccccc4)cc3)c([B])c([B])c1n2-c1ccc(-c2cccc3ccccc23)cc1. The first-order valence-electron chi connectivity index (χ1n) is 22.1. The molecule has 10 aromatic carbocycles. The lowest BCUT2D eigenvalue weighted by Crippen LogP contribution is -2.48. The maximum Gasteiger partial charge on any atom is 0.115 e. The smallest absolute Gasteiger partial charge is 0.115 e. The summed E-state index contributed by atoms with van der Waals surface area (Å²) in [6.45, 7) is 0. The molecule has 67 heavy (non-hydrogen) atoms. The summed E-state index contributed by atoms with van der Waals surface area (Å²) in [5.41, 5.74) is 14.9. The number of hydrogen-bond acceptors (Lipinski definition) is 0. The summed E-state index contributed by atoms with van der Waals surface area (Å²) in [5, 5.41) is 5.53. The zero-order valence-corrected chi connectivity index (χ0v) is 36.3. The number of hydrogen-bond donors (Lipinski definition) is 0. The van der Waals surface area contributed by atoms with Crippen molar-refractivity contribution in [1.29, 1.82) is 0 Å². The summed E-state index contributed by atoms with van der Waals surface area (Å²) < 4.78 is 4.29. The topological polar surface area (TPSA) is 9.86 Å². The monoisotopic (exact) mass is 832 g/mol. The van der Waals surface area contributed by atoms with E-state index in [2.05, 4.69) is 162 Å². The molecule has 2 heterocycles. The summed E-state index contributed by atoms with van der Waals surface area (Å²) in [5.74, 6) is 0. The maximum atomic E-state index is 7.43. The van der Waals surface area contributed by atoms with E-state index in [4.69, 9.17) is 54.9 Å². The quantitative estimate of drug-likeness (QED) is 0.156. The molecule has 0 aliphatic rings. The maximum absolute atomic E-state index is 7.43. The molecule has 0 N–H and O–H groups in total. The molecule has 2 nitrogen and oxygen atoms in total. The largest absolute Gasteiger partial charge is 0.311 e. The Morgan fingerprint density at radius 2 is 0.776 bits per heavy atom. The molecule has 0 fully saturated rings. The zero-order valence-electron chi connectivity index (χ0n) is 36.3. The Kier molecular flexibility index (Phi) is 9.69. The van der Waals surface area contributed by atoms with Crippen LogP contribution in [0.3, 0.4) is 0 Å². The second-order valence-corrected chi connectivity index (χ2v) is 17.2. The van der Waals surface area contributed by atoms with Crippen LogP contribution in [0, 0.1) is 0 Å². The van der Waals surface area contributed by atoms with E-state index in [1.807, 2.05) is 34.9 Å². The van der Waals surface area contributed by atoms with E-state index in [1.165, 1.54) is 0 Å². The molecule has 12 rings (SSSR count). The minimum Gasteiger partial charge on any atom is -0.311 e. The van der Waals surface area contributed by atoms with Crippen molar-refractivity contribution >= 4 is 148 Å². The van der Waals surface area contributed by atoms with Crippen LogP contribution in [0.5, 0.6) is 0 Å². The Morgan fingerprint density at radius 3 is 1.49 bits per heavy atom. The third-order valence-electron chi connectivity index (χ3n) is 13.5. The number of aromatic nitrogens is 2. The summed E-state index contributed by atoms with van der Waals surface area (Å²) in [6.07, 6.45) is 0. The van der Waals surface area contributed by atoms with E-state index in [-0.39, 0.29) is 21.9 Å². The summed E-state index contributed by atoms with van der Waals surface area (Å²) in [7, 11) is 49.0. The van der Waals surface area contributed by atoms with Crippen molar-refractivity contribution in [3.63, 3.8) is 0 Å². The molecule has 0 saturated carbocycles. The van der Waals surface area contributed by atoms with E-state index in [1.54, 1.807) is 0 Å². The van der Waals surface area contributed by atoms with Crippen molar-refractivity contribution in [2.24, 2.45) is 0 Å². The van der Waals surface area contributed by atoms with Gasteiger partial charge in [-0.2, -0.15) is 0 Å². The van der Waals surface area contributed by atoms with Gasteiger partial charge in [0.05, 0.1) is 11.0 Å². The average molecular weight is 832 g/mol. The fourth-order valence-electron chi connectivity index (χ4n) is 10.3. The Balaban J connectivity index is 1.09. The normalized spacial score (nSPS) is 11.7. The molecule has 12 aromatic rings. The third kappa shape index (κ3) is 6.28. The summed E-state index contributed by atoms with van der Waals surface area (Å²) >= 11 is 0. The van der Waals surface area contributed by atoms with Gasteiger partial charge in [-0.3, -0.25) is 0 Å². The van der Waals surface area contributed by atoms with Crippen molar-refractivity contribution in [3.8, 4) is 55.9 Å². The van der Waals surface area contributed by atoms with Crippen LogP contribution < -0.4 is 38.2 Å². The highest BCUT2D eigenvalue weighted by Crippen LogP contribution is 2.40.